The van der Waals surface area contributed by atoms with Gasteiger partial charge in [-0.3, -0.25) is 4.79 Å². The molecule has 1 saturated carbocycles. The Bertz CT molecular complexity index is 773. The SMILES string of the molecule is COc1ccc2c3c1OC1C(=O)CC[C@]4([O-])[C@@H](C2)[N+](C)(C)CC[C@]314. The number of carbonyl (C=O) groups excluding carboxylic acids is 1. The number of ether oxygens (including phenoxy) is 2. The van der Waals surface area contributed by atoms with E-state index in [2.05, 4.69) is 20.2 Å². The molecule has 2 bridgehead atoms. The largest absolute Gasteiger partial charge is 0.844 e. The van der Waals surface area contributed by atoms with Gasteiger partial charge >= 0.3 is 0 Å². The monoisotopic (exact) mass is 329 g/mol. The second-order valence-electron chi connectivity index (χ2n) is 8.43. The van der Waals surface area contributed by atoms with Crippen molar-refractivity contribution in [2.75, 3.05) is 27.7 Å². The maximum absolute atomic E-state index is 14.3. The number of benzene rings is 1. The number of methoxy groups -OCH3 is 1. The van der Waals surface area contributed by atoms with E-state index in [9.17, 15) is 9.90 Å². The lowest BCUT2D eigenvalue weighted by atomic mass is 9.48. The van der Waals surface area contributed by atoms with Gasteiger partial charge in [0.05, 0.1) is 33.8 Å². The van der Waals surface area contributed by atoms with Crippen LogP contribution in [0.25, 0.3) is 0 Å². The number of piperidine rings is 1. The molecule has 1 spiro atoms. The van der Waals surface area contributed by atoms with Gasteiger partial charge in [-0.2, -0.15) is 0 Å². The van der Waals surface area contributed by atoms with Gasteiger partial charge in [0.2, 0.25) is 0 Å². The second-order valence-corrected chi connectivity index (χ2v) is 8.43. The predicted molar refractivity (Wildman–Crippen MR) is 85.1 cm³/mol. The van der Waals surface area contributed by atoms with Crippen LogP contribution in [0.4, 0.5) is 0 Å². The van der Waals surface area contributed by atoms with E-state index in [1.165, 1.54) is 5.56 Å². The molecule has 5 rings (SSSR count). The summed E-state index contributed by atoms with van der Waals surface area (Å²) >= 11 is 0. The number of Topliss-reactive ketones (excluding diaryl/α,β-unsaturated/α-hetero) is 1. The summed E-state index contributed by atoms with van der Waals surface area (Å²) in [6.45, 7) is 0.901. The normalized spacial score (nSPS) is 40.8. The third-order valence-electron chi connectivity index (χ3n) is 7.23. The summed E-state index contributed by atoms with van der Waals surface area (Å²) < 4.78 is 12.4. The highest BCUT2D eigenvalue weighted by molar-refractivity contribution is 5.89. The van der Waals surface area contributed by atoms with Crippen LogP contribution in [0, 0.1) is 0 Å². The average molecular weight is 329 g/mol. The van der Waals surface area contributed by atoms with E-state index < -0.39 is 17.1 Å². The number of likely N-dealkylation sites (N-methyl/N-ethyl adjacent to an activating group) is 1. The maximum atomic E-state index is 14.3. The number of ketones is 1. The maximum Gasteiger partial charge on any atom is 0.174 e. The molecule has 2 heterocycles. The summed E-state index contributed by atoms with van der Waals surface area (Å²) in [5.74, 6) is 1.38. The van der Waals surface area contributed by atoms with Crippen LogP contribution in [-0.2, 0) is 16.6 Å². The van der Waals surface area contributed by atoms with E-state index in [1.807, 2.05) is 6.07 Å². The summed E-state index contributed by atoms with van der Waals surface area (Å²) in [5.41, 5.74) is 0.312. The van der Waals surface area contributed by atoms with Crippen LogP contribution in [0.15, 0.2) is 12.1 Å². The van der Waals surface area contributed by atoms with Gasteiger partial charge in [0.15, 0.2) is 23.4 Å². The van der Waals surface area contributed by atoms with Crippen LogP contribution in [0.3, 0.4) is 0 Å². The van der Waals surface area contributed by atoms with Gasteiger partial charge in [-0.05, 0) is 23.7 Å². The number of hydrogen-bond donors (Lipinski definition) is 0. The van der Waals surface area contributed by atoms with Crippen molar-refractivity contribution in [2.24, 2.45) is 0 Å². The Labute approximate surface area is 141 Å². The molecule has 2 fully saturated rings. The van der Waals surface area contributed by atoms with Crippen molar-refractivity contribution in [2.45, 2.75) is 48.8 Å². The highest BCUT2D eigenvalue weighted by atomic mass is 16.5. The fraction of sp³-hybridized carbons (Fsp3) is 0.632. The van der Waals surface area contributed by atoms with Crippen molar-refractivity contribution in [3.05, 3.63) is 23.3 Å². The van der Waals surface area contributed by atoms with Crippen LogP contribution in [0.1, 0.15) is 30.4 Å². The van der Waals surface area contributed by atoms with Gasteiger partial charge in [0.1, 0.15) is 0 Å². The van der Waals surface area contributed by atoms with E-state index in [0.717, 1.165) is 23.0 Å². The number of hydrogen-bond acceptors (Lipinski definition) is 4. The van der Waals surface area contributed by atoms with Crippen LogP contribution in [-0.4, -0.2) is 55.8 Å². The Morgan fingerprint density at radius 2 is 2.12 bits per heavy atom. The minimum absolute atomic E-state index is 0.0164. The fourth-order valence-electron chi connectivity index (χ4n) is 6.06. The van der Waals surface area contributed by atoms with Crippen molar-refractivity contribution in [3.8, 4) is 11.5 Å². The third kappa shape index (κ3) is 1.35. The first-order valence-corrected chi connectivity index (χ1v) is 8.78. The van der Waals surface area contributed by atoms with Crippen molar-refractivity contribution >= 4 is 5.78 Å². The average Bonchev–Trinajstić information content (AvgIpc) is 2.90. The first-order chi connectivity index (χ1) is 11.3. The number of quaternary nitrogens is 1. The predicted octanol–water partition coefficient (Wildman–Crippen LogP) is 0.561. The van der Waals surface area contributed by atoms with Gasteiger partial charge in [0.25, 0.3) is 0 Å². The van der Waals surface area contributed by atoms with E-state index in [0.29, 0.717) is 30.8 Å². The molecule has 1 saturated heterocycles. The zero-order chi connectivity index (χ0) is 16.9. The molecule has 1 aromatic carbocycles. The third-order valence-corrected chi connectivity index (χ3v) is 7.23. The highest BCUT2D eigenvalue weighted by Gasteiger charge is 2.71. The molecule has 1 unspecified atom stereocenters. The Kier molecular flexibility index (Phi) is 2.54. The topological polar surface area (TPSA) is 58.6 Å². The smallest absolute Gasteiger partial charge is 0.174 e. The zero-order valence-electron chi connectivity index (χ0n) is 14.4. The molecule has 1 aromatic rings. The molecule has 2 aliphatic heterocycles. The summed E-state index contributed by atoms with van der Waals surface area (Å²) in [6, 6.07) is 3.97. The summed E-state index contributed by atoms with van der Waals surface area (Å²) in [5, 5.41) is 14.3. The van der Waals surface area contributed by atoms with Gasteiger partial charge in [-0.1, -0.05) is 6.07 Å². The summed E-state index contributed by atoms with van der Waals surface area (Å²) in [7, 11) is 5.93. The molecule has 0 radical (unpaired) electrons. The Hall–Kier alpha value is -1.59. The zero-order valence-corrected chi connectivity index (χ0v) is 14.4. The standard InChI is InChI=1S/C19H23NO4/c1-20(2)9-8-18-15-11-4-5-13(23-3)16(15)24-17(18)12(21)6-7-19(18,22)14(20)10-11/h4-5,14,17H,6-10H2,1-3H3/t14-,17?,18+,19+/m1/s1. The number of carbonyl (C=O) groups is 1. The van der Waals surface area contributed by atoms with Crippen LogP contribution >= 0.6 is 0 Å². The Morgan fingerprint density at radius 1 is 1.33 bits per heavy atom. The molecule has 0 amide bonds. The number of rotatable bonds is 1. The molecule has 0 aromatic heterocycles. The fourth-order valence-corrected chi connectivity index (χ4v) is 6.06. The molecule has 4 aliphatic rings. The van der Waals surface area contributed by atoms with E-state index >= 15 is 0 Å². The molecular formula is C19H23NO4. The van der Waals surface area contributed by atoms with Crippen LogP contribution in [0.2, 0.25) is 0 Å². The van der Waals surface area contributed by atoms with Gasteiger partial charge in [0, 0.05) is 30.2 Å². The van der Waals surface area contributed by atoms with Crippen molar-refractivity contribution in [1.29, 1.82) is 0 Å². The molecule has 5 heteroatoms. The van der Waals surface area contributed by atoms with Gasteiger partial charge in [-0.15, -0.1) is 0 Å². The van der Waals surface area contributed by atoms with Gasteiger partial charge < -0.3 is 19.1 Å². The van der Waals surface area contributed by atoms with E-state index in [1.54, 1.807) is 7.11 Å². The summed E-state index contributed by atoms with van der Waals surface area (Å²) in [6.07, 6.45) is 1.60. The van der Waals surface area contributed by atoms with Crippen molar-refractivity contribution in [1.82, 2.24) is 0 Å². The van der Waals surface area contributed by atoms with Crippen molar-refractivity contribution < 1.29 is 23.9 Å². The van der Waals surface area contributed by atoms with Crippen LogP contribution < -0.4 is 14.6 Å². The lowest BCUT2D eigenvalue weighted by Crippen LogP contribution is -2.84. The molecular weight excluding hydrogens is 306 g/mol. The quantitative estimate of drug-likeness (QED) is 0.707. The molecule has 2 aliphatic carbocycles. The first-order valence-electron chi connectivity index (χ1n) is 8.78. The van der Waals surface area contributed by atoms with E-state index in [-0.39, 0.29) is 11.8 Å². The van der Waals surface area contributed by atoms with Crippen molar-refractivity contribution in [3.63, 3.8) is 0 Å². The number of likely N-dealkylation sites (tertiary alicyclic amines) is 1. The first kappa shape index (κ1) is 14.7. The molecule has 4 atom stereocenters. The Morgan fingerprint density at radius 3 is 2.88 bits per heavy atom. The number of nitrogens with zero attached hydrogens (tertiary/aromatic N) is 1. The van der Waals surface area contributed by atoms with E-state index in [4.69, 9.17) is 9.47 Å². The Balaban J connectivity index is 1.86. The van der Waals surface area contributed by atoms with Crippen LogP contribution in [0.5, 0.6) is 11.5 Å². The van der Waals surface area contributed by atoms with Gasteiger partial charge in [-0.25, -0.2) is 0 Å². The highest BCUT2D eigenvalue weighted by Crippen LogP contribution is 2.64. The minimum atomic E-state index is -1.14. The molecule has 0 N–H and O–H groups in total. The summed E-state index contributed by atoms with van der Waals surface area (Å²) in [4.78, 5) is 12.7. The lowest BCUT2D eigenvalue weighted by Gasteiger charge is -2.70. The molecule has 128 valence electrons. The minimum Gasteiger partial charge on any atom is -0.844 e. The lowest BCUT2D eigenvalue weighted by molar-refractivity contribution is -0.942. The second kappa shape index (κ2) is 4.14. The molecule has 5 nitrogen and oxygen atoms in total. The molecule has 24 heavy (non-hydrogen) atoms.